The van der Waals surface area contributed by atoms with Crippen molar-refractivity contribution in [3.8, 4) is 5.75 Å². The molecule has 19 heavy (non-hydrogen) atoms. The van der Waals surface area contributed by atoms with Crippen molar-refractivity contribution in [2.75, 3.05) is 6.54 Å². The van der Waals surface area contributed by atoms with Crippen LogP contribution in [0, 0.1) is 0 Å². The summed E-state index contributed by atoms with van der Waals surface area (Å²) in [5.41, 5.74) is 2.33. The molecule has 0 radical (unpaired) electrons. The van der Waals surface area contributed by atoms with E-state index in [1.807, 2.05) is 30.3 Å². The average Bonchev–Trinajstić information content (AvgIpc) is 2.48. The zero-order chi connectivity index (χ0) is 13.3. The molecule has 0 bridgehead atoms. The molecule has 100 valence electrons. The van der Waals surface area contributed by atoms with Crippen LogP contribution in [0.4, 0.5) is 0 Å². The van der Waals surface area contributed by atoms with Gasteiger partial charge in [0.05, 0.1) is 0 Å². The molecule has 0 saturated carbocycles. The van der Waals surface area contributed by atoms with E-state index in [2.05, 4.69) is 23.3 Å². The SMILES string of the molecule is CCCNCc1ccccc1OCc1ccncc1. The molecule has 0 aliphatic rings. The third kappa shape index (κ3) is 4.38. The monoisotopic (exact) mass is 256 g/mol. The second-order valence-electron chi connectivity index (χ2n) is 4.43. The molecule has 0 aliphatic heterocycles. The van der Waals surface area contributed by atoms with Gasteiger partial charge < -0.3 is 10.1 Å². The minimum atomic E-state index is 0.577. The Morgan fingerprint density at radius 2 is 1.89 bits per heavy atom. The van der Waals surface area contributed by atoms with Crippen molar-refractivity contribution in [2.24, 2.45) is 0 Å². The summed E-state index contributed by atoms with van der Waals surface area (Å²) in [7, 11) is 0. The molecule has 1 N–H and O–H groups in total. The van der Waals surface area contributed by atoms with Gasteiger partial charge in [-0.2, -0.15) is 0 Å². The number of nitrogens with zero attached hydrogens (tertiary/aromatic N) is 1. The fourth-order valence-electron chi connectivity index (χ4n) is 1.83. The Hall–Kier alpha value is -1.87. The minimum absolute atomic E-state index is 0.577. The number of hydrogen-bond acceptors (Lipinski definition) is 3. The van der Waals surface area contributed by atoms with E-state index in [1.165, 1.54) is 5.56 Å². The van der Waals surface area contributed by atoms with E-state index >= 15 is 0 Å². The van der Waals surface area contributed by atoms with Gasteiger partial charge in [-0.1, -0.05) is 25.1 Å². The lowest BCUT2D eigenvalue weighted by atomic mass is 10.2. The largest absolute Gasteiger partial charge is 0.489 e. The van der Waals surface area contributed by atoms with Gasteiger partial charge in [-0.3, -0.25) is 4.98 Å². The zero-order valence-corrected chi connectivity index (χ0v) is 11.3. The van der Waals surface area contributed by atoms with E-state index in [1.54, 1.807) is 12.4 Å². The average molecular weight is 256 g/mol. The van der Waals surface area contributed by atoms with E-state index in [0.29, 0.717) is 6.61 Å². The maximum absolute atomic E-state index is 5.89. The minimum Gasteiger partial charge on any atom is -0.489 e. The standard InChI is InChI=1S/C16H20N2O/c1-2-9-18-12-15-5-3-4-6-16(15)19-13-14-7-10-17-11-8-14/h3-8,10-11,18H,2,9,12-13H2,1H3. The predicted molar refractivity (Wildman–Crippen MR) is 77.0 cm³/mol. The summed E-state index contributed by atoms with van der Waals surface area (Å²) in [5.74, 6) is 0.947. The zero-order valence-electron chi connectivity index (χ0n) is 11.3. The lowest BCUT2D eigenvalue weighted by molar-refractivity contribution is 0.302. The first-order valence-electron chi connectivity index (χ1n) is 6.70. The quantitative estimate of drug-likeness (QED) is 0.773. The maximum Gasteiger partial charge on any atom is 0.124 e. The smallest absolute Gasteiger partial charge is 0.124 e. The van der Waals surface area contributed by atoms with Crippen molar-refractivity contribution in [3.63, 3.8) is 0 Å². The third-order valence-corrected chi connectivity index (χ3v) is 2.86. The second kappa shape index (κ2) is 7.54. The molecule has 2 aromatic rings. The van der Waals surface area contributed by atoms with Crippen LogP contribution < -0.4 is 10.1 Å². The topological polar surface area (TPSA) is 34.1 Å². The van der Waals surface area contributed by atoms with Gasteiger partial charge in [0.15, 0.2) is 0 Å². The Balaban J connectivity index is 1.95. The number of rotatable bonds is 7. The number of ether oxygens (including phenoxy) is 1. The van der Waals surface area contributed by atoms with Crippen LogP contribution in [0.3, 0.4) is 0 Å². The fraction of sp³-hybridized carbons (Fsp3) is 0.312. The van der Waals surface area contributed by atoms with Gasteiger partial charge in [-0.15, -0.1) is 0 Å². The fourth-order valence-corrected chi connectivity index (χ4v) is 1.83. The molecule has 0 atom stereocenters. The van der Waals surface area contributed by atoms with Crippen molar-refractivity contribution in [2.45, 2.75) is 26.5 Å². The second-order valence-corrected chi connectivity index (χ2v) is 4.43. The van der Waals surface area contributed by atoms with Crippen molar-refractivity contribution >= 4 is 0 Å². The highest BCUT2D eigenvalue weighted by Gasteiger charge is 2.02. The molecule has 1 aromatic heterocycles. The van der Waals surface area contributed by atoms with Gasteiger partial charge in [0.25, 0.3) is 0 Å². The number of benzene rings is 1. The molecule has 0 unspecified atom stereocenters. The first kappa shape index (κ1) is 13.6. The number of nitrogens with one attached hydrogen (secondary N) is 1. The van der Waals surface area contributed by atoms with Crippen LogP contribution in [0.25, 0.3) is 0 Å². The third-order valence-electron chi connectivity index (χ3n) is 2.86. The van der Waals surface area contributed by atoms with Crippen LogP contribution >= 0.6 is 0 Å². The van der Waals surface area contributed by atoms with Crippen LogP contribution in [0.2, 0.25) is 0 Å². The first-order chi connectivity index (χ1) is 9.40. The van der Waals surface area contributed by atoms with E-state index in [-0.39, 0.29) is 0 Å². The van der Waals surface area contributed by atoms with Gasteiger partial charge in [-0.05, 0) is 36.7 Å². The van der Waals surface area contributed by atoms with Crippen molar-refractivity contribution in [1.82, 2.24) is 10.3 Å². The Labute approximate surface area is 114 Å². The summed E-state index contributed by atoms with van der Waals surface area (Å²) in [5, 5.41) is 3.40. The van der Waals surface area contributed by atoms with Crippen LogP contribution in [0.5, 0.6) is 5.75 Å². The van der Waals surface area contributed by atoms with Crippen LogP contribution in [-0.2, 0) is 13.2 Å². The van der Waals surface area contributed by atoms with Crippen molar-refractivity contribution in [3.05, 3.63) is 59.9 Å². The summed E-state index contributed by atoms with van der Waals surface area (Å²) < 4.78 is 5.89. The van der Waals surface area contributed by atoms with Gasteiger partial charge in [0.2, 0.25) is 0 Å². The van der Waals surface area contributed by atoms with Gasteiger partial charge in [0, 0.05) is 24.5 Å². The Morgan fingerprint density at radius 3 is 2.68 bits per heavy atom. The molecule has 0 fully saturated rings. The highest BCUT2D eigenvalue weighted by atomic mass is 16.5. The molecular formula is C16H20N2O. The number of pyridine rings is 1. The Morgan fingerprint density at radius 1 is 1.11 bits per heavy atom. The molecule has 0 saturated heterocycles. The summed E-state index contributed by atoms with van der Waals surface area (Å²) in [6, 6.07) is 12.1. The van der Waals surface area contributed by atoms with Crippen LogP contribution in [0.15, 0.2) is 48.8 Å². The molecule has 3 heteroatoms. The lowest BCUT2D eigenvalue weighted by Gasteiger charge is -2.12. The molecule has 1 aromatic carbocycles. The summed E-state index contributed by atoms with van der Waals surface area (Å²) in [4.78, 5) is 4.00. The molecule has 1 heterocycles. The number of aromatic nitrogens is 1. The maximum atomic E-state index is 5.89. The summed E-state index contributed by atoms with van der Waals surface area (Å²) in [6.45, 7) is 4.62. The molecule has 0 aliphatic carbocycles. The predicted octanol–water partition coefficient (Wildman–Crippen LogP) is 3.16. The van der Waals surface area contributed by atoms with E-state index in [9.17, 15) is 0 Å². The summed E-state index contributed by atoms with van der Waals surface area (Å²) in [6.07, 6.45) is 4.71. The van der Waals surface area contributed by atoms with Crippen LogP contribution in [0.1, 0.15) is 24.5 Å². The molecule has 0 amide bonds. The Bertz CT molecular complexity index is 485. The normalized spacial score (nSPS) is 10.4. The summed E-state index contributed by atoms with van der Waals surface area (Å²) >= 11 is 0. The lowest BCUT2D eigenvalue weighted by Crippen LogP contribution is -2.14. The highest BCUT2D eigenvalue weighted by molar-refractivity contribution is 5.33. The Kier molecular flexibility index (Phi) is 5.38. The van der Waals surface area contributed by atoms with Crippen molar-refractivity contribution in [1.29, 1.82) is 0 Å². The number of hydrogen-bond donors (Lipinski definition) is 1. The van der Waals surface area contributed by atoms with Gasteiger partial charge in [0.1, 0.15) is 12.4 Å². The van der Waals surface area contributed by atoms with Crippen molar-refractivity contribution < 1.29 is 4.74 Å². The van der Waals surface area contributed by atoms with E-state index in [4.69, 9.17) is 4.74 Å². The molecule has 2 rings (SSSR count). The van der Waals surface area contributed by atoms with E-state index in [0.717, 1.165) is 30.8 Å². The van der Waals surface area contributed by atoms with Gasteiger partial charge in [-0.25, -0.2) is 0 Å². The molecular weight excluding hydrogens is 236 g/mol. The highest BCUT2D eigenvalue weighted by Crippen LogP contribution is 2.19. The van der Waals surface area contributed by atoms with E-state index < -0.39 is 0 Å². The van der Waals surface area contributed by atoms with Crippen LogP contribution in [-0.4, -0.2) is 11.5 Å². The number of para-hydroxylation sites is 1. The molecule has 3 nitrogen and oxygen atoms in total. The molecule has 0 spiro atoms. The van der Waals surface area contributed by atoms with Gasteiger partial charge >= 0.3 is 0 Å². The first-order valence-corrected chi connectivity index (χ1v) is 6.70.